The lowest BCUT2D eigenvalue weighted by atomic mass is 10.2. The summed E-state index contributed by atoms with van der Waals surface area (Å²) < 4.78 is 27.4. The summed E-state index contributed by atoms with van der Waals surface area (Å²) in [7, 11) is 1.36. The predicted octanol–water partition coefficient (Wildman–Crippen LogP) is 3.97. The van der Waals surface area contributed by atoms with Crippen LogP contribution in [0.3, 0.4) is 0 Å². The minimum absolute atomic E-state index is 0.140. The molecule has 2 unspecified atom stereocenters. The van der Waals surface area contributed by atoms with E-state index in [0.717, 1.165) is 5.92 Å². The Balaban J connectivity index is 0.000000926. The summed E-state index contributed by atoms with van der Waals surface area (Å²) in [6.07, 6.45) is 2.22. The van der Waals surface area contributed by atoms with Crippen LogP contribution in [0, 0.1) is 5.92 Å². The molecule has 1 aromatic carbocycles. The number of pyridine rings is 1. The maximum absolute atomic E-state index is 12.9. The third-order valence-corrected chi connectivity index (χ3v) is 5.50. The van der Waals surface area contributed by atoms with E-state index in [1.165, 1.54) is 32.7 Å². The molecular formula is C28H38N2O8. The Hall–Kier alpha value is -3.66. The number of amides is 1. The van der Waals surface area contributed by atoms with Crippen LogP contribution in [-0.2, 0) is 19.1 Å². The molecule has 38 heavy (non-hydrogen) atoms. The third-order valence-electron chi connectivity index (χ3n) is 5.50. The van der Waals surface area contributed by atoms with Gasteiger partial charge in [-0.3, -0.25) is 9.59 Å². The zero-order chi connectivity index (χ0) is 28.1. The summed E-state index contributed by atoms with van der Waals surface area (Å²) in [6, 6.07) is 9.60. The van der Waals surface area contributed by atoms with Gasteiger partial charge >= 0.3 is 11.9 Å². The molecule has 1 aliphatic rings. The first-order chi connectivity index (χ1) is 18.1. The number of carbonyl (C=O) groups excluding carboxylic acids is 3. The molecule has 1 aromatic heterocycles. The molecule has 2 aromatic rings. The fourth-order valence-corrected chi connectivity index (χ4v) is 3.25. The number of aromatic nitrogens is 1. The summed E-state index contributed by atoms with van der Waals surface area (Å²) in [5.41, 5.74) is -0.212. The molecule has 208 valence electrons. The number of nitrogens with one attached hydrogen (secondary N) is 1. The Bertz CT molecular complexity index is 1040. The topological polar surface area (TPSA) is 122 Å². The van der Waals surface area contributed by atoms with Gasteiger partial charge in [-0.25, -0.2) is 9.78 Å². The van der Waals surface area contributed by atoms with Crippen LogP contribution in [0.1, 0.15) is 57.9 Å². The van der Waals surface area contributed by atoms with Crippen LogP contribution in [0.15, 0.2) is 42.6 Å². The summed E-state index contributed by atoms with van der Waals surface area (Å²) in [4.78, 5) is 41.0. The molecule has 3 rings (SSSR count). The molecule has 10 heteroatoms. The van der Waals surface area contributed by atoms with Crippen molar-refractivity contribution < 1.29 is 38.1 Å². The lowest BCUT2D eigenvalue weighted by molar-refractivity contribution is -0.151. The lowest BCUT2D eigenvalue weighted by Crippen LogP contribution is -2.45. The number of ether oxygens (including phenoxy) is 5. The first kappa shape index (κ1) is 30.6. The van der Waals surface area contributed by atoms with Gasteiger partial charge in [-0.15, -0.1) is 0 Å². The molecule has 0 bridgehead atoms. The first-order valence-electron chi connectivity index (χ1n) is 12.7. The fraction of sp³-hybridized carbons (Fsp3) is 0.500. The highest BCUT2D eigenvalue weighted by Gasteiger charge is 2.31. The van der Waals surface area contributed by atoms with E-state index < -0.39 is 30.0 Å². The standard InChI is InChI=1S/C23H26N2O8.C5H12/c1-14-11-17(33-16-7-5-4-6-8-16)12-30-13-18(23(28)31-14)25-22(27)20-21(32-15(2)26)19(29-3)9-10-24-20;1-4-5(2)3/h4-10,14,17-18H,11-13H2,1-3H3,(H,25,27);5H,4H2,1-3H3/t14?,17?,18-;/m0./s1. The van der Waals surface area contributed by atoms with Crippen LogP contribution in [0.2, 0.25) is 0 Å². The molecule has 1 saturated heterocycles. The van der Waals surface area contributed by atoms with Crippen molar-refractivity contribution in [2.45, 2.75) is 65.7 Å². The molecule has 0 aliphatic carbocycles. The lowest BCUT2D eigenvalue weighted by Gasteiger charge is -2.21. The van der Waals surface area contributed by atoms with Crippen LogP contribution in [0.25, 0.3) is 0 Å². The van der Waals surface area contributed by atoms with Gasteiger partial charge in [0.25, 0.3) is 5.91 Å². The molecule has 0 saturated carbocycles. The van der Waals surface area contributed by atoms with Crippen molar-refractivity contribution in [2.75, 3.05) is 20.3 Å². The van der Waals surface area contributed by atoms with Gasteiger partial charge in [-0.1, -0.05) is 45.4 Å². The van der Waals surface area contributed by atoms with Gasteiger partial charge in [0.05, 0.1) is 20.3 Å². The summed E-state index contributed by atoms with van der Waals surface area (Å²) in [5, 5.41) is 2.54. The van der Waals surface area contributed by atoms with Gasteiger partial charge in [0, 0.05) is 25.6 Å². The molecule has 10 nitrogen and oxygen atoms in total. The number of esters is 2. The fourth-order valence-electron chi connectivity index (χ4n) is 3.25. The highest BCUT2D eigenvalue weighted by Crippen LogP contribution is 2.29. The van der Waals surface area contributed by atoms with Crippen LogP contribution < -0.4 is 19.5 Å². The van der Waals surface area contributed by atoms with E-state index in [4.69, 9.17) is 23.7 Å². The molecule has 0 spiro atoms. The Morgan fingerprint density at radius 3 is 2.45 bits per heavy atom. The number of methoxy groups -OCH3 is 1. The van der Waals surface area contributed by atoms with E-state index in [0.29, 0.717) is 12.2 Å². The average Bonchev–Trinajstić information content (AvgIpc) is 2.94. The van der Waals surface area contributed by atoms with E-state index in [-0.39, 0.29) is 36.5 Å². The van der Waals surface area contributed by atoms with Crippen molar-refractivity contribution in [2.24, 2.45) is 5.92 Å². The monoisotopic (exact) mass is 530 g/mol. The zero-order valence-electron chi connectivity index (χ0n) is 22.9. The molecule has 1 fully saturated rings. The number of hydrogen-bond acceptors (Lipinski definition) is 9. The van der Waals surface area contributed by atoms with Gasteiger partial charge < -0.3 is 29.0 Å². The summed E-state index contributed by atoms with van der Waals surface area (Å²) >= 11 is 0. The second kappa shape index (κ2) is 15.6. The van der Waals surface area contributed by atoms with Gasteiger partial charge in [-0.2, -0.15) is 0 Å². The Morgan fingerprint density at radius 1 is 1.16 bits per heavy atom. The van der Waals surface area contributed by atoms with Gasteiger partial charge in [-0.05, 0) is 25.0 Å². The highest BCUT2D eigenvalue weighted by molar-refractivity contribution is 5.98. The number of nitrogens with zero attached hydrogens (tertiary/aromatic N) is 1. The smallest absolute Gasteiger partial charge is 0.331 e. The van der Waals surface area contributed by atoms with Crippen LogP contribution in [-0.4, -0.2) is 61.4 Å². The van der Waals surface area contributed by atoms with Gasteiger partial charge in [0.1, 0.15) is 18.0 Å². The van der Waals surface area contributed by atoms with Crippen LogP contribution >= 0.6 is 0 Å². The minimum Gasteiger partial charge on any atom is -0.493 e. The Kier molecular flexibility index (Phi) is 12.5. The Labute approximate surface area is 224 Å². The van der Waals surface area contributed by atoms with Crippen LogP contribution in [0.4, 0.5) is 0 Å². The van der Waals surface area contributed by atoms with Gasteiger partial charge in [0.15, 0.2) is 17.5 Å². The number of cyclic esters (lactones) is 1. The van der Waals surface area contributed by atoms with E-state index in [2.05, 4.69) is 31.1 Å². The van der Waals surface area contributed by atoms with E-state index in [1.807, 2.05) is 30.3 Å². The second-order valence-corrected chi connectivity index (χ2v) is 9.19. The van der Waals surface area contributed by atoms with Crippen LogP contribution in [0.5, 0.6) is 17.2 Å². The highest BCUT2D eigenvalue weighted by atomic mass is 16.6. The molecule has 3 atom stereocenters. The number of hydrogen-bond donors (Lipinski definition) is 1. The van der Waals surface area contributed by atoms with Crippen molar-refractivity contribution in [1.29, 1.82) is 0 Å². The summed E-state index contributed by atoms with van der Waals surface area (Å²) in [5.74, 6) is -0.502. The summed E-state index contributed by atoms with van der Waals surface area (Å²) in [6.45, 7) is 9.63. The number of benzene rings is 1. The van der Waals surface area contributed by atoms with Crippen molar-refractivity contribution in [3.05, 3.63) is 48.3 Å². The van der Waals surface area contributed by atoms with Gasteiger partial charge in [0.2, 0.25) is 5.75 Å². The predicted molar refractivity (Wildman–Crippen MR) is 140 cm³/mol. The maximum atomic E-state index is 12.9. The molecule has 1 amide bonds. The van der Waals surface area contributed by atoms with E-state index in [1.54, 1.807) is 6.92 Å². The average molecular weight is 531 g/mol. The van der Waals surface area contributed by atoms with E-state index in [9.17, 15) is 14.4 Å². The third kappa shape index (κ3) is 10.0. The number of para-hydroxylation sites is 1. The largest absolute Gasteiger partial charge is 0.493 e. The quantitative estimate of drug-likeness (QED) is 0.530. The molecular weight excluding hydrogens is 492 g/mol. The zero-order valence-corrected chi connectivity index (χ0v) is 22.9. The van der Waals surface area contributed by atoms with E-state index >= 15 is 0 Å². The second-order valence-electron chi connectivity index (χ2n) is 9.19. The van der Waals surface area contributed by atoms with Crippen molar-refractivity contribution in [3.63, 3.8) is 0 Å². The minimum atomic E-state index is -1.10. The number of rotatable bonds is 7. The molecule has 0 radical (unpaired) electrons. The van der Waals surface area contributed by atoms with Crippen molar-refractivity contribution in [1.82, 2.24) is 10.3 Å². The molecule has 2 heterocycles. The Morgan fingerprint density at radius 2 is 1.84 bits per heavy atom. The molecule has 1 aliphatic heterocycles. The van der Waals surface area contributed by atoms with Crippen molar-refractivity contribution in [3.8, 4) is 17.2 Å². The first-order valence-corrected chi connectivity index (χ1v) is 12.7. The number of carbonyl (C=O) groups is 3. The maximum Gasteiger partial charge on any atom is 0.331 e. The normalized spacial score (nSPS) is 19.4. The SMILES string of the molecule is CCC(C)C.COc1ccnc(C(=O)N[C@H]2COCC(Oc3ccccc3)CC(C)OC2=O)c1OC(C)=O. The van der Waals surface area contributed by atoms with Crippen molar-refractivity contribution >= 4 is 17.8 Å². The molecule has 1 N–H and O–H groups in total.